The zero-order valence-electron chi connectivity index (χ0n) is 16.7. The molecule has 0 fully saturated rings. The number of rotatable bonds is 6. The van der Waals surface area contributed by atoms with Crippen molar-refractivity contribution < 1.29 is 0 Å². The first-order valence-corrected chi connectivity index (χ1v) is 9.43. The van der Waals surface area contributed by atoms with Crippen molar-refractivity contribution in [2.45, 2.75) is 26.3 Å². The fourth-order valence-electron chi connectivity index (χ4n) is 3.07. The van der Waals surface area contributed by atoms with E-state index in [0.717, 1.165) is 53.2 Å². The van der Waals surface area contributed by atoms with Crippen LogP contribution in [0.25, 0.3) is 33.8 Å². The van der Waals surface area contributed by atoms with Crippen molar-refractivity contribution in [3.63, 3.8) is 0 Å². The number of unbranched alkanes of at least 4 members (excludes halogenated alkanes) is 1. The second-order valence-electron chi connectivity index (χ2n) is 7.03. The summed E-state index contributed by atoms with van der Waals surface area (Å²) < 4.78 is 3.79. The Bertz CT molecular complexity index is 1090. The maximum Gasteiger partial charge on any atom is 0.183 e. The van der Waals surface area contributed by atoms with Gasteiger partial charge in [-0.15, -0.1) is 0 Å². The zero-order chi connectivity index (χ0) is 19.7. The highest BCUT2D eigenvalue weighted by atomic mass is 15.3. The molecule has 0 saturated heterocycles. The molecule has 4 aromatic heterocycles. The Labute approximate surface area is 163 Å². The van der Waals surface area contributed by atoms with Crippen LogP contribution in [-0.4, -0.2) is 48.6 Å². The molecule has 0 saturated carbocycles. The molecule has 8 heteroatoms. The van der Waals surface area contributed by atoms with Gasteiger partial charge < -0.3 is 4.90 Å². The Hall–Kier alpha value is -3.29. The molecule has 0 N–H and O–H groups in total. The fourth-order valence-corrected chi connectivity index (χ4v) is 3.07. The fraction of sp³-hybridized carbons (Fsp3) is 0.350. The lowest BCUT2D eigenvalue weighted by Crippen LogP contribution is -2.10. The summed E-state index contributed by atoms with van der Waals surface area (Å²) in [6.45, 7) is 2.98. The van der Waals surface area contributed by atoms with Crippen molar-refractivity contribution in [1.29, 1.82) is 0 Å². The van der Waals surface area contributed by atoms with Crippen molar-refractivity contribution >= 4 is 16.9 Å². The van der Waals surface area contributed by atoms with Crippen LogP contribution in [0.4, 0.5) is 5.82 Å². The summed E-state index contributed by atoms with van der Waals surface area (Å²) in [6.07, 6.45) is 7.56. The topological polar surface area (TPSA) is 77.6 Å². The van der Waals surface area contributed by atoms with Crippen molar-refractivity contribution in [2.24, 2.45) is 7.05 Å². The second kappa shape index (κ2) is 7.38. The van der Waals surface area contributed by atoms with E-state index in [2.05, 4.69) is 28.1 Å². The lowest BCUT2D eigenvalue weighted by Gasteiger charge is -2.10. The molecule has 0 amide bonds. The van der Waals surface area contributed by atoms with Gasteiger partial charge in [0.15, 0.2) is 11.6 Å². The molecule has 0 aromatic carbocycles. The van der Waals surface area contributed by atoms with Gasteiger partial charge in [0.2, 0.25) is 0 Å². The first-order valence-electron chi connectivity index (χ1n) is 9.43. The van der Waals surface area contributed by atoms with Gasteiger partial charge >= 0.3 is 0 Å². The summed E-state index contributed by atoms with van der Waals surface area (Å²) in [5.41, 5.74) is 3.68. The first-order chi connectivity index (χ1) is 13.6. The van der Waals surface area contributed by atoms with Crippen molar-refractivity contribution in [1.82, 2.24) is 34.5 Å². The average Bonchev–Trinajstić information content (AvgIpc) is 3.30. The van der Waals surface area contributed by atoms with Crippen LogP contribution in [-0.2, 0) is 13.6 Å². The first kappa shape index (κ1) is 18.1. The van der Waals surface area contributed by atoms with Crippen LogP contribution in [0.1, 0.15) is 19.8 Å². The number of pyridine rings is 2. The van der Waals surface area contributed by atoms with E-state index in [1.165, 1.54) is 0 Å². The standard InChI is InChI=1S/C20H24N8/c1-5-6-9-28-20(15-10-17-16(21-12-15)13-23-27(17)4)24-19(25-28)14-7-8-18(22-11-14)26(2)3/h7-8,10-13H,5-6,9H2,1-4H3. The van der Waals surface area contributed by atoms with Gasteiger partial charge in [0, 0.05) is 51.2 Å². The average molecular weight is 376 g/mol. The lowest BCUT2D eigenvalue weighted by atomic mass is 10.2. The third kappa shape index (κ3) is 3.33. The van der Waals surface area contributed by atoms with Crippen molar-refractivity contribution in [3.05, 3.63) is 36.8 Å². The summed E-state index contributed by atoms with van der Waals surface area (Å²) in [4.78, 5) is 15.8. The van der Waals surface area contributed by atoms with Crippen LogP contribution < -0.4 is 4.90 Å². The van der Waals surface area contributed by atoms with E-state index in [0.29, 0.717) is 5.82 Å². The Morgan fingerprint density at radius 1 is 1.04 bits per heavy atom. The lowest BCUT2D eigenvalue weighted by molar-refractivity contribution is 0.577. The van der Waals surface area contributed by atoms with Gasteiger partial charge in [0.25, 0.3) is 0 Å². The van der Waals surface area contributed by atoms with E-state index in [1.807, 2.05) is 59.9 Å². The number of hydrogen-bond donors (Lipinski definition) is 0. The monoisotopic (exact) mass is 376 g/mol. The summed E-state index contributed by atoms with van der Waals surface area (Å²) in [5.74, 6) is 2.39. The van der Waals surface area contributed by atoms with Crippen LogP contribution in [0.3, 0.4) is 0 Å². The predicted octanol–water partition coefficient (Wildman–Crippen LogP) is 3.15. The molecule has 28 heavy (non-hydrogen) atoms. The number of hydrogen-bond acceptors (Lipinski definition) is 6. The smallest absolute Gasteiger partial charge is 0.183 e. The molecule has 0 radical (unpaired) electrons. The van der Waals surface area contributed by atoms with Gasteiger partial charge in [0.05, 0.1) is 11.7 Å². The van der Waals surface area contributed by atoms with Gasteiger partial charge in [-0.1, -0.05) is 13.3 Å². The molecule has 0 unspecified atom stereocenters. The van der Waals surface area contributed by atoms with Crippen molar-refractivity contribution in [2.75, 3.05) is 19.0 Å². The summed E-state index contributed by atoms with van der Waals surface area (Å²) in [5, 5.41) is 9.04. The van der Waals surface area contributed by atoms with E-state index in [9.17, 15) is 0 Å². The van der Waals surface area contributed by atoms with Crippen LogP contribution in [0.15, 0.2) is 36.8 Å². The third-order valence-electron chi connectivity index (χ3n) is 4.72. The summed E-state index contributed by atoms with van der Waals surface area (Å²) in [7, 11) is 5.86. The summed E-state index contributed by atoms with van der Waals surface area (Å²) in [6, 6.07) is 6.05. The van der Waals surface area contributed by atoms with Crippen LogP contribution >= 0.6 is 0 Å². The molecule has 4 aromatic rings. The number of anilines is 1. The minimum Gasteiger partial charge on any atom is -0.363 e. The highest BCUT2D eigenvalue weighted by molar-refractivity contribution is 5.79. The second-order valence-corrected chi connectivity index (χ2v) is 7.03. The van der Waals surface area contributed by atoms with Gasteiger partial charge in [-0.2, -0.15) is 10.2 Å². The quantitative estimate of drug-likeness (QED) is 0.514. The molecule has 0 bridgehead atoms. The summed E-state index contributed by atoms with van der Waals surface area (Å²) >= 11 is 0. The zero-order valence-corrected chi connectivity index (χ0v) is 16.7. The highest BCUT2D eigenvalue weighted by Crippen LogP contribution is 2.25. The normalized spacial score (nSPS) is 11.3. The molecule has 0 spiro atoms. The molecule has 0 atom stereocenters. The van der Waals surface area contributed by atoms with E-state index in [1.54, 1.807) is 6.20 Å². The van der Waals surface area contributed by atoms with Gasteiger partial charge in [-0.05, 0) is 24.6 Å². The Kier molecular flexibility index (Phi) is 4.77. The molecule has 0 aliphatic rings. The molecule has 0 aliphatic heterocycles. The van der Waals surface area contributed by atoms with Crippen LogP contribution in [0.5, 0.6) is 0 Å². The predicted molar refractivity (Wildman–Crippen MR) is 110 cm³/mol. The Morgan fingerprint density at radius 2 is 1.86 bits per heavy atom. The van der Waals surface area contributed by atoms with Gasteiger partial charge in [-0.3, -0.25) is 9.67 Å². The number of aromatic nitrogens is 7. The molecule has 0 aliphatic carbocycles. The van der Waals surface area contributed by atoms with Gasteiger partial charge in [-0.25, -0.2) is 14.6 Å². The molecule has 8 nitrogen and oxygen atoms in total. The maximum atomic E-state index is 4.83. The van der Waals surface area contributed by atoms with E-state index >= 15 is 0 Å². The van der Waals surface area contributed by atoms with E-state index in [-0.39, 0.29) is 0 Å². The molecular weight excluding hydrogens is 352 g/mol. The number of nitrogens with zero attached hydrogens (tertiary/aromatic N) is 8. The molecule has 144 valence electrons. The Morgan fingerprint density at radius 3 is 2.57 bits per heavy atom. The number of fused-ring (bicyclic) bond motifs is 1. The highest BCUT2D eigenvalue weighted by Gasteiger charge is 2.15. The number of aryl methyl sites for hydroxylation is 2. The van der Waals surface area contributed by atoms with Crippen molar-refractivity contribution in [3.8, 4) is 22.8 Å². The van der Waals surface area contributed by atoms with E-state index < -0.39 is 0 Å². The molecular formula is C20H24N8. The SMILES string of the molecule is CCCCn1nc(-c2ccc(N(C)C)nc2)nc1-c1cnc2cnn(C)c2c1. The molecule has 4 heterocycles. The van der Waals surface area contributed by atoms with E-state index in [4.69, 9.17) is 10.1 Å². The van der Waals surface area contributed by atoms with Crippen LogP contribution in [0, 0.1) is 0 Å². The third-order valence-corrected chi connectivity index (χ3v) is 4.72. The maximum absolute atomic E-state index is 4.83. The Balaban J connectivity index is 1.77. The largest absolute Gasteiger partial charge is 0.363 e. The minimum absolute atomic E-state index is 0.675. The molecule has 4 rings (SSSR count). The minimum atomic E-state index is 0.675. The van der Waals surface area contributed by atoms with Crippen LogP contribution in [0.2, 0.25) is 0 Å². The van der Waals surface area contributed by atoms with Gasteiger partial charge in [0.1, 0.15) is 11.3 Å².